The Morgan fingerprint density at radius 3 is 2.00 bits per heavy atom. The van der Waals surface area contributed by atoms with Gasteiger partial charge in [0, 0.05) is 38.9 Å². The van der Waals surface area contributed by atoms with Crippen LogP contribution >= 0.6 is 0 Å². The van der Waals surface area contributed by atoms with Crippen LogP contribution in [-0.2, 0) is 0 Å². The molecule has 6 rings (SSSR count). The Bertz CT molecular complexity index is 1600. The summed E-state index contributed by atoms with van der Waals surface area (Å²) in [4.78, 5) is 6.97. The topological polar surface area (TPSA) is 31.6 Å². The maximum absolute atomic E-state index is 3.56. The second kappa shape index (κ2) is 6.78. The van der Waals surface area contributed by atoms with Crippen molar-refractivity contribution in [3.8, 4) is 11.1 Å². The van der Waals surface area contributed by atoms with Gasteiger partial charge in [0.25, 0.3) is 0 Å². The van der Waals surface area contributed by atoms with Crippen LogP contribution in [0.4, 0.5) is 0 Å². The van der Waals surface area contributed by atoms with Gasteiger partial charge in [0.2, 0.25) is 0 Å². The van der Waals surface area contributed by atoms with Gasteiger partial charge >= 0.3 is 0 Å². The largest absolute Gasteiger partial charge is 0.361 e. The first-order chi connectivity index (χ1) is 14.9. The van der Waals surface area contributed by atoms with Crippen molar-refractivity contribution < 1.29 is 0 Å². The van der Waals surface area contributed by atoms with Gasteiger partial charge in [0.05, 0.1) is 0 Å². The van der Waals surface area contributed by atoms with Crippen LogP contribution in [0.15, 0.2) is 109 Å². The van der Waals surface area contributed by atoms with Crippen LogP contribution in [0.2, 0.25) is 0 Å². The fraction of sp³-hybridized carbons (Fsp3) is 0. The lowest BCUT2D eigenvalue weighted by Gasteiger charge is -2.06. The fourth-order valence-corrected chi connectivity index (χ4v) is 4.35. The summed E-state index contributed by atoms with van der Waals surface area (Å²) in [7, 11) is 0. The molecule has 0 atom stereocenters. The molecular formula is C28H20N2. The summed E-state index contributed by atoms with van der Waals surface area (Å²) in [5, 5.41) is 6.18. The van der Waals surface area contributed by atoms with E-state index in [1.807, 2.05) is 12.3 Å². The maximum atomic E-state index is 3.56. The molecule has 0 aliphatic carbocycles. The molecule has 0 radical (unpaired) electrons. The summed E-state index contributed by atoms with van der Waals surface area (Å²) in [5.41, 5.74) is 5.89. The molecule has 0 saturated carbocycles. The highest BCUT2D eigenvalue weighted by Gasteiger charge is 2.07. The predicted molar refractivity (Wildman–Crippen MR) is 128 cm³/mol. The van der Waals surface area contributed by atoms with E-state index in [1.54, 1.807) is 0 Å². The van der Waals surface area contributed by atoms with Crippen LogP contribution < -0.4 is 0 Å². The Hall–Kier alpha value is -4.04. The van der Waals surface area contributed by atoms with Gasteiger partial charge in [-0.25, -0.2) is 0 Å². The monoisotopic (exact) mass is 384 g/mol. The van der Waals surface area contributed by atoms with Gasteiger partial charge in [-0.05, 0) is 52.2 Å². The molecule has 2 heterocycles. The molecule has 0 fully saturated rings. The van der Waals surface area contributed by atoms with Crippen molar-refractivity contribution in [2.75, 3.05) is 0 Å². The molecule has 0 saturated heterocycles. The molecule has 0 aliphatic heterocycles. The van der Waals surface area contributed by atoms with Crippen molar-refractivity contribution >= 4 is 43.5 Å². The quantitative estimate of drug-likeness (QED) is 0.290. The van der Waals surface area contributed by atoms with Gasteiger partial charge in [-0.2, -0.15) is 0 Å². The number of rotatable bonds is 1. The number of aromatic amines is 2. The molecule has 2 aromatic heterocycles. The third-order valence-electron chi connectivity index (χ3n) is 5.83. The summed E-state index contributed by atoms with van der Waals surface area (Å²) in [6.45, 7) is 0. The van der Waals surface area contributed by atoms with E-state index >= 15 is 0 Å². The van der Waals surface area contributed by atoms with E-state index in [-0.39, 0.29) is 0 Å². The van der Waals surface area contributed by atoms with Crippen LogP contribution in [0, 0.1) is 0 Å². The van der Waals surface area contributed by atoms with Gasteiger partial charge in [0.15, 0.2) is 0 Å². The van der Waals surface area contributed by atoms with Crippen LogP contribution in [0.3, 0.4) is 0 Å². The van der Waals surface area contributed by atoms with Crippen molar-refractivity contribution in [2.24, 2.45) is 0 Å². The summed E-state index contributed by atoms with van der Waals surface area (Å²) < 4.78 is 0. The lowest BCUT2D eigenvalue weighted by atomic mass is 9.99. The molecule has 4 aromatic carbocycles. The number of hydrogen-bond donors (Lipinski definition) is 2. The molecule has 2 N–H and O–H groups in total. The highest BCUT2D eigenvalue weighted by Crippen LogP contribution is 2.32. The summed E-state index contributed by atoms with van der Waals surface area (Å²) in [6, 6.07) is 36.6. The summed E-state index contributed by atoms with van der Waals surface area (Å²) in [5.74, 6) is 0. The molecule has 2 heteroatoms. The normalized spacial score (nSPS) is 11.3. The van der Waals surface area contributed by atoms with Crippen LogP contribution in [0.5, 0.6) is 0 Å². The Labute approximate surface area is 174 Å². The molecular weight excluding hydrogens is 364 g/mol. The number of nitrogens with one attached hydrogen (secondary N) is 2. The first-order valence-electron chi connectivity index (χ1n) is 10.2. The highest BCUT2D eigenvalue weighted by atomic mass is 14.7. The maximum Gasteiger partial charge on any atom is 0.0471 e. The first kappa shape index (κ1) is 16.9. The van der Waals surface area contributed by atoms with E-state index in [0.717, 1.165) is 5.52 Å². The molecule has 0 aliphatic rings. The van der Waals surface area contributed by atoms with Crippen molar-refractivity contribution in [1.29, 1.82) is 0 Å². The zero-order valence-electron chi connectivity index (χ0n) is 16.4. The number of fused-ring (bicyclic) bond motifs is 6. The van der Waals surface area contributed by atoms with Gasteiger partial charge in [0.1, 0.15) is 0 Å². The van der Waals surface area contributed by atoms with Gasteiger partial charge in [-0.1, -0.05) is 72.8 Å². The zero-order chi connectivity index (χ0) is 19.9. The average Bonchev–Trinajstić information content (AvgIpc) is 3.20. The SMILES string of the molecule is c1ccc2ccc(-c3ccc4c(c3)[nH]c3ccccc34)cc2c2ccccc2[nH]c1. The predicted octanol–water partition coefficient (Wildman–Crippen LogP) is 7.75. The van der Waals surface area contributed by atoms with Gasteiger partial charge in [-0.15, -0.1) is 0 Å². The Morgan fingerprint density at radius 1 is 0.433 bits per heavy atom. The lowest BCUT2D eigenvalue weighted by molar-refractivity contribution is 1.43. The minimum Gasteiger partial charge on any atom is -0.361 e. The molecule has 30 heavy (non-hydrogen) atoms. The smallest absolute Gasteiger partial charge is 0.0471 e. The Morgan fingerprint density at radius 2 is 1.10 bits per heavy atom. The molecule has 0 amide bonds. The highest BCUT2D eigenvalue weighted by molar-refractivity contribution is 6.09. The first-order valence-corrected chi connectivity index (χ1v) is 10.2. The number of H-pyrrole nitrogens is 2. The van der Waals surface area contributed by atoms with E-state index in [9.17, 15) is 0 Å². The van der Waals surface area contributed by atoms with E-state index in [4.69, 9.17) is 0 Å². The second-order valence-corrected chi connectivity index (χ2v) is 7.64. The molecule has 0 unspecified atom stereocenters. The summed E-state index contributed by atoms with van der Waals surface area (Å²) >= 11 is 0. The third-order valence-corrected chi connectivity index (χ3v) is 5.83. The van der Waals surface area contributed by atoms with E-state index in [1.165, 1.54) is 49.1 Å². The van der Waals surface area contributed by atoms with Crippen LogP contribution in [0.25, 0.3) is 54.6 Å². The van der Waals surface area contributed by atoms with E-state index in [2.05, 4.69) is 107 Å². The molecule has 6 aromatic rings. The zero-order valence-corrected chi connectivity index (χ0v) is 16.4. The van der Waals surface area contributed by atoms with E-state index in [0.29, 0.717) is 0 Å². The number of benzene rings is 4. The molecule has 0 bridgehead atoms. The minimum atomic E-state index is 1.11. The lowest BCUT2D eigenvalue weighted by Crippen LogP contribution is -1.81. The average molecular weight is 384 g/mol. The Balaban J connectivity index is 1.63. The number of para-hydroxylation sites is 2. The van der Waals surface area contributed by atoms with Crippen LogP contribution in [0.1, 0.15) is 0 Å². The molecule has 142 valence electrons. The van der Waals surface area contributed by atoms with Gasteiger partial charge < -0.3 is 9.97 Å². The summed E-state index contributed by atoms with van der Waals surface area (Å²) in [6.07, 6.45) is 1.98. The van der Waals surface area contributed by atoms with Crippen molar-refractivity contribution in [2.45, 2.75) is 0 Å². The Kier molecular flexibility index (Phi) is 3.82. The minimum absolute atomic E-state index is 1.11. The van der Waals surface area contributed by atoms with Crippen molar-refractivity contribution in [3.05, 3.63) is 109 Å². The van der Waals surface area contributed by atoms with Crippen molar-refractivity contribution in [1.82, 2.24) is 9.97 Å². The van der Waals surface area contributed by atoms with Crippen LogP contribution in [-0.4, -0.2) is 9.97 Å². The van der Waals surface area contributed by atoms with E-state index < -0.39 is 0 Å². The fourth-order valence-electron chi connectivity index (χ4n) is 4.35. The standard InChI is InChI=1S/C28H20N2/c1-3-10-26-23(9-1)25-17-20(13-12-19(25)7-5-6-16-29-26)21-14-15-24-22-8-2-4-11-27(22)30-28(24)18-21/h1-18,29-30H. The second-order valence-electron chi connectivity index (χ2n) is 7.64. The molecule has 2 nitrogen and oxygen atoms in total. The van der Waals surface area contributed by atoms with Gasteiger partial charge in [-0.3, -0.25) is 0 Å². The molecule has 0 spiro atoms. The number of hydrogen-bond acceptors (Lipinski definition) is 0. The van der Waals surface area contributed by atoms with Crippen molar-refractivity contribution in [3.63, 3.8) is 0 Å². The third kappa shape index (κ3) is 2.73. The number of aromatic nitrogens is 2.